The fraction of sp³-hybridized carbons (Fsp3) is 0.750. The zero-order chi connectivity index (χ0) is 14.4. The summed E-state index contributed by atoms with van der Waals surface area (Å²) in [5, 5.41) is 0. The first-order chi connectivity index (χ1) is 8.77. The van der Waals surface area contributed by atoms with Gasteiger partial charge in [0.1, 0.15) is 12.4 Å². The first-order valence-corrected chi connectivity index (χ1v) is 7.14. The lowest BCUT2D eigenvalue weighted by Crippen LogP contribution is -2.39. The fourth-order valence-electron chi connectivity index (χ4n) is 4.33. The van der Waals surface area contributed by atoms with Crippen LogP contribution in [-0.4, -0.2) is 18.4 Å². The minimum Gasteiger partial charge on any atom is -0.462 e. The van der Waals surface area contributed by atoms with Gasteiger partial charge in [-0.3, -0.25) is 9.59 Å². The van der Waals surface area contributed by atoms with Crippen molar-refractivity contribution in [3.63, 3.8) is 0 Å². The minimum absolute atomic E-state index is 0.0776. The molecule has 1 saturated carbocycles. The molecule has 0 aromatic heterocycles. The van der Waals surface area contributed by atoms with Crippen molar-refractivity contribution in [3.05, 3.63) is 11.1 Å². The van der Waals surface area contributed by atoms with E-state index in [1.807, 2.05) is 0 Å². The molecule has 2 rings (SSSR count). The average Bonchev–Trinajstić information content (AvgIpc) is 2.48. The maximum absolute atomic E-state index is 11.4. The zero-order valence-electron chi connectivity index (χ0n) is 12.5. The number of allylic oxidation sites excluding steroid dienone is 1. The van der Waals surface area contributed by atoms with Crippen LogP contribution < -0.4 is 0 Å². The number of fused-ring (bicyclic) bond motifs is 1. The highest BCUT2D eigenvalue weighted by Gasteiger charge is 2.51. The zero-order valence-corrected chi connectivity index (χ0v) is 12.5. The van der Waals surface area contributed by atoms with E-state index in [2.05, 4.69) is 27.7 Å². The molecule has 3 heteroatoms. The summed E-state index contributed by atoms with van der Waals surface area (Å²) in [5.74, 6) is 0.565. The molecule has 2 aliphatic carbocycles. The Morgan fingerprint density at radius 2 is 1.95 bits per heavy atom. The predicted molar refractivity (Wildman–Crippen MR) is 73.5 cm³/mol. The molecule has 0 N–H and O–H groups in total. The van der Waals surface area contributed by atoms with Crippen LogP contribution in [0.1, 0.15) is 47.5 Å². The maximum atomic E-state index is 11.4. The van der Waals surface area contributed by atoms with E-state index in [-0.39, 0.29) is 29.3 Å². The Morgan fingerprint density at radius 3 is 2.47 bits per heavy atom. The van der Waals surface area contributed by atoms with Gasteiger partial charge < -0.3 is 4.74 Å². The molecule has 1 fully saturated rings. The summed E-state index contributed by atoms with van der Waals surface area (Å²) in [5.41, 5.74) is 2.28. The highest BCUT2D eigenvalue weighted by molar-refractivity contribution is 5.77. The van der Waals surface area contributed by atoms with Crippen molar-refractivity contribution in [1.82, 2.24) is 0 Å². The van der Waals surface area contributed by atoms with E-state index >= 15 is 0 Å². The molecular formula is C16H24O3. The number of ether oxygens (including phenoxy) is 1. The molecule has 0 spiro atoms. The van der Waals surface area contributed by atoms with E-state index in [4.69, 9.17) is 4.74 Å². The van der Waals surface area contributed by atoms with Crippen LogP contribution in [-0.2, 0) is 14.3 Å². The number of esters is 1. The fourth-order valence-corrected chi connectivity index (χ4v) is 4.33. The summed E-state index contributed by atoms with van der Waals surface area (Å²) in [4.78, 5) is 22.8. The van der Waals surface area contributed by atoms with Crippen LogP contribution in [0.25, 0.3) is 0 Å². The van der Waals surface area contributed by atoms with Crippen LogP contribution in [0.2, 0.25) is 0 Å². The van der Waals surface area contributed by atoms with Gasteiger partial charge in [-0.25, -0.2) is 0 Å². The molecule has 4 unspecified atom stereocenters. The van der Waals surface area contributed by atoms with E-state index < -0.39 is 0 Å². The van der Waals surface area contributed by atoms with Crippen LogP contribution in [0.5, 0.6) is 0 Å². The summed E-state index contributed by atoms with van der Waals surface area (Å²) in [6, 6.07) is 0. The van der Waals surface area contributed by atoms with Crippen LogP contribution in [0, 0.1) is 23.2 Å². The summed E-state index contributed by atoms with van der Waals surface area (Å²) in [7, 11) is 0. The van der Waals surface area contributed by atoms with Gasteiger partial charge in [0.25, 0.3) is 0 Å². The Hall–Kier alpha value is -1.12. The summed E-state index contributed by atoms with van der Waals surface area (Å²) in [6.45, 7) is 10.1. The van der Waals surface area contributed by atoms with Gasteiger partial charge in [-0.1, -0.05) is 33.3 Å². The van der Waals surface area contributed by atoms with Crippen LogP contribution in [0.4, 0.5) is 0 Å². The summed E-state index contributed by atoms with van der Waals surface area (Å²) < 4.78 is 5.56. The Kier molecular flexibility index (Phi) is 3.59. The Bertz CT molecular complexity index is 433. The van der Waals surface area contributed by atoms with Crippen molar-refractivity contribution in [2.24, 2.45) is 23.2 Å². The Morgan fingerprint density at radius 1 is 1.32 bits per heavy atom. The van der Waals surface area contributed by atoms with Gasteiger partial charge in [0, 0.05) is 12.8 Å². The van der Waals surface area contributed by atoms with Gasteiger partial charge in [-0.2, -0.15) is 0 Å². The van der Waals surface area contributed by atoms with E-state index in [0.29, 0.717) is 5.92 Å². The summed E-state index contributed by atoms with van der Waals surface area (Å²) >= 11 is 0. The van der Waals surface area contributed by atoms with Crippen LogP contribution in [0.3, 0.4) is 0 Å². The standard InChI is InChI=1S/C16H24O3/c1-9-6-13(19-11(3)18)15-14(12(9)8-17)10(2)7-16(15,4)5/h8-10,13,15H,6-7H2,1-5H3. The lowest BCUT2D eigenvalue weighted by atomic mass is 9.69. The second-order valence-corrected chi connectivity index (χ2v) is 6.88. The highest BCUT2D eigenvalue weighted by atomic mass is 16.5. The molecule has 0 radical (unpaired) electrons. The molecule has 0 bridgehead atoms. The van der Waals surface area contributed by atoms with E-state index in [9.17, 15) is 9.59 Å². The quantitative estimate of drug-likeness (QED) is 0.568. The predicted octanol–water partition coefficient (Wildman–Crippen LogP) is 3.14. The van der Waals surface area contributed by atoms with E-state index in [1.54, 1.807) is 0 Å². The lowest BCUT2D eigenvalue weighted by molar-refractivity contribution is -0.151. The molecule has 0 aromatic carbocycles. The molecule has 0 amide bonds. The number of carbonyl (C=O) groups is 2. The van der Waals surface area contributed by atoms with Gasteiger partial charge in [-0.05, 0) is 35.7 Å². The number of rotatable bonds is 2. The third kappa shape index (κ3) is 2.35. The number of hydrogen-bond acceptors (Lipinski definition) is 3. The first-order valence-electron chi connectivity index (χ1n) is 7.14. The Labute approximate surface area is 115 Å². The molecule has 4 atom stereocenters. The lowest BCUT2D eigenvalue weighted by Gasteiger charge is -2.39. The van der Waals surface area contributed by atoms with Gasteiger partial charge in [-0.15, -0.1) is 0 Å². The van der Waals surface area contributed by atoms with E-state index in [0.717, 1.165) is 24.7 Å². The van der Waals surface area contributed by atoms with Gasteiger partial charge in [0.2, 0.25) is 0 Å². The highest BCUT2D eigenvalue weighted by Crippen LogP contribution is 2.56. The molecule has 19 heavy (non-hydrogen) atoms. The number of aldehydes is 1. The normalized spacial score (nSPS) is 36.9. The van der Waals surface area contributed by atoms with Crippen molar-refractivity contribution in [2.75, 3.05) is 0 Å². The third-order valence-electron chi connectivity index (χ3n) is 4.81. The molecule has 3 nitrogen and oxygen atoms in total. The van der Waals surface area contributed by atoms with Gasteiger partial charge in [0.05, 0.1) is 0 Å². The summed E-state index contributed by atoms with van der Waals surface area (Å²) in [6.07, 6.45) is 2.76. The minimum atomic E-state index is -0.221. The van der Waals surface area contributed by atoms with Crippen molar-refractivity contribution < 1.29 is 14.3 Å². The second kappa shape index (κ2) is 4.77. The molecule has 0 saturated heterocycles. The van der Waals surface area contributed by atoms with Crippen LogP contribution in [0.15, 0.2) is 11.1 Å². The second-order valence-electron chi connectivity index (χ2n) is 6.88. The van der Waals surface area contributed by atoms with Crippen molar-refractivity contribution >= 4 is 12.3 Å². The van der Waals surface area contributed by atoms with Crippen LogP contribution >= 0.6 is 0 Å². The third-order valence-corrected chi connectivity index (χ3v) is 4.81. The monoisotopic (exact) mass is 264 g/mol. The molecule has 0 heterocycles. The average molecular weight is 264 g/mol. The molecule has 2 aliphatic rings. The van der Waals surface area contributed by atoms with Crippen molar-refractivity contribution in [2.45, 2.75) is 53.6 Å². The number of carbonyl (C=O) groups excluding carboxylic acids is 2. The largest absolute Gasteiger partial charge is 0.462 e. The first kappa shape index (κ1) is 14.3. The molecule has 0 aromatic rings. The van der Waals surface area contributed by atoms with Gasteiger partial charge >= 0.3 is 5.97 Å². The molecule has 0 aliphatic heterocycles. The number of hydrogen-bond donors (Lipinski definition) is 0. The van der Waals surface area contributed by atoms with Crippen molar-refractivity contribution in [1.29, 1.82) is 0 Å². The van der Waals surface area contributed by atoms with Gasteiger partial charge in [0.15, 0.2) is 0 Å². The topological polar surface area (TPSA) is 43.4 Å². The smallest absolute Gasteiger partial charge is 0.302 e. The maximum Gasteiger partial charge on any atom is 0.302 e. The Balaban J connectivity index is 2.48. The van der Waals surface area contributed by atoms with Crippen molar-refractivity contribution in [3.8, 4) is 0 Å². The van der Waals surface area contributed by atoms with E-state index in [1.165, 1.54) is 12.5 Å². The molecular weight excluding hydrogens is 240 g/mol. The molecule has 106 valence electrons. The SMILES string of the molecule is CC(=O)OC1CC(C)C(C=O)=C2C(C)CC(C)(C)C21.